The molecule has 1 unspecified atom stereocenters. The maximum Gasteiger partial charge on any atom is 0.119 e. The van der Waals surface area contributed by atoms with Gasteiger partial charge in [0.05, 0.1) is 12.6 Å². The fourth-order valence-electron chi connectivity index (χ4n) is 2.72. The van der Waals surface area contributed by atoms with Gasteiger partial charge in [-0.1, -0.05) is 37.3 Å². The van der Waals surface area contributed by atoms with Crippen LogP contribution in [0.15, 0.2) is 54.6 Å². The zero-order valence-electron chi connectivity index (χ0n) is 13.9. The summed E-state index contributed by atoms with van der Waals surface area (Å²) in [5, 5.41) is 0. The molecule has 0 N–H and O–H groups in total. The highest BCUT2D eigenvalue weighted by Gasteiger charge is 2.33. The predicted octanol–water partition coefficient (Wildman–Crippen LogP) is 3.94. The van der Waals surface area contributed by atoms with E-state index in [1.165, 1.54) is 5.56 Å². The lowest BCUT2D eigenvalue weighted by molar-refractivity contribution is 0.0745. The zero-order chi connectivity index (χ0) is 16.0. The fraction of sp³-hybridized carbons (Fsp3) is 0.368. The van der Waals surface area contributed by atoms with Gasteiger partial charge in [0.1, 0.15) is 18.1 Å². The van der Waals surface area contributed by atoms with Gasteiger partial charge in [0.15, 0.2) is 0 Å². The van der Waals surface area contributed by atoms with Crippen LogP contribution < -0.4 is 9.47 Å². The molecular formula is C19H25NO2. The molecule has 0 spiro atoms. The summed E-state index contributed by atoms with van der Waals surface area (Å²) >= 11 is 0. The van der Waals surface area contributed by atoms with E-state index in [2.05, 4.69) is 50.2 Å². The molecule has 0 aliphatic carbocycles. The van der Waals surface area contributed by atoms with Crippen molar-refractivity contribution in [2.24, 2.45) is 0 Å². The summed E-state index contributed by atoms with van der Waals surface area (Å²) < 4.78 is 11.3. The van der Waals surface area contributed by atoms with Crippen molar-refractivity contribution >= 4 is 0 Å². The highest BCUT2D eigenvalue weighted by molar-refractivity contribution is 5.32. The molecule has 0 aliphatic rings. The van der Waals surface area contributed by atoms with E-state index in [9.17, 15) is 0 Å². The Bertz CT molecular complexity index is 566. The smallest absolute Gasteiger partial charge is 0.119 e. The van der Waals surface area contributed by atoms with Crippen molar-refractivity contribution in [2.75, 3.05) is 27.8 Å². The molecule has 0 amide bonds. The van der Waals surface area contributed by atoms with Crippen molar-refractivity contribution in [3.05, 3.63) is 60.2 Å². The molecule has 3 heteroatoms. The first-order chi connectivity index (χ1) is 10.6. The van der Waals surface area contributed by atoms with Gasteiger partial charge in [-0.3, -0.25) is 4.90 Å². The molecule has 22 heavy (non-hydrogen) atoms. The van der Waals surface area contributed by atoms with E-state index in [1.54, 1.807) is 7.11 Å². The molecule has 118 valence electrons. The summed E-state index contributed by atoms with van der Waals surface area (Å²) in [6.07, 6.45) is 0.972. The van der Waals surface area contributed by atoms with Gasteiger partial charge in [-0.15, -0.1) is 0 Å². The van der Waals surface area contributed by atoms with Crippen LogP contribution in [0.1, 0.15) is 18.9 Å². The Morgan fingerprint density at radius 1 is 0.909 bits per heavy atom. The molecule has 0 bridgehead atoms. The second-order valence-corrected chi connectivity index (χ2v) is 5.61. The number of hydrogen-bond acceptors (Lipinski definition) is 3. The van der Waals surface area contributed by atoms with Crippen molar-refractivity contribution < 1.29 is 9.47 Å². The quantitative estimate of drug-likeness (QED) is 0.773. The highest BCUT2D eigenvalue weighted by atomic mass is 16.5. The van der Waals surface area contributed by atoms with Gasteiger partial charge in [-0.25, -0.2) is 0 Å². The molecule has 0 radical (unpaired) electrons. The number of nitrogens with zero attached hydrogens (tertiary/aromatic N) is 1. The third kappa shape index (κ3) is 3.42. The van der Waals surface area contributed by atoms with Gasteiger partial charge in [-0.05, 0) is 50.3 Å². The largest absolute Gasteiger partial charge is 0.497 e. The van der Waals surface area contributed by atoms with Crippen LogP contribution in [0.25, 0.3) is 0 Å². The number of hydrogen-bond donors (Lipinski definition) is 0. The molecule has 2 rings (SSSR count). The van der Waals surface area contributed by atoms with E-state index < -0.39 is 0 Å². The van der Waals surface area contributed by atoms with Crippen LogP contribution in [0, 0.1) is 0 Å². The van der Waals surface area contributed by atoms with Crippen molar-refractivity contribution in [1.29, 1.82) is 0 Å². The molecular weight excluding hydrogens is 274 g/mol. The van der Waals surface area contributed by atoms with Crippen molar-refractivity contribution in [1.82, 2.24) is 4.90 Å². The summed E-state index contributed by atoms with van der Waals surface area (Å²) in [4.78, 5) is 2.24. The topological polar surface area (TPSA) is 21.7 Å². The Balaban J connectivity index is 2.20. The van der Waals surface area contributed by atoms with Gasteiger partial charge in [-0.2, -0.15) is 0 Å². The van der Waals surface area contributed by atoms with Crippen molar-refractivity contribution in [3.63, 3.8) is 0 Å². The second kappa shape index (κ2) is 7.32. The summed E-state index contributed by atoms with van der Waals surface area (Å²) in [7, 11) is 5.88. The van der Waals surface area contributed by atoms with E-state index >= 15 is 0 Å². The van der Waals surface area contributed by atoms with E-state index in [4.69, 9.17) is 9.47 Å². The maximum atomic E-state index is 6.08. The first-order valence-electron chi connectivity index (χ1n) is 7.62. The van der Waals surface area contributed by atoms with Crippen LogP contribution in [0.3, 0.4) is 0 Å². The number of likely N-dealkylation sites (N-methyl/N-ethyl adjacent to an activating group) is 1. The average molecular weight is 299 g/mol. The molecule has 0 aromatic heterocycles. The third-order valence-corrected chi connectivity index (χ3v) is 4.29. The number of benzene rings is 2. The standard InChI is InChI=1S/C19H25NO2/c1-5-19(20(2)3,16-9-7-6-8-10-16)15-22-18-13-11-17(21-4)12-14-18/h6-14H,5,15H2,1-4H3. The van der Waals surface area contributed by atoms with E-state index in [1.807, 2.05) is 30.3 Å². The minimum Gasteiger partial charge on any atom is -0.497 e. The second-order valence-electron chi connectivity index (χ2n) is 5.61. The SMILES string of the molecule is CCC(COc1ccc(OC)cc1)(c1ccccc1)N(C)C. The summed E-state index contributed by atoms with van der Waals surface area (Å²) in [5.74, 6) is 1.70. The Hall–Kier alpha value is -2.00. The van der Waals surface area contributed by atoms with Crippen molar-refractivity contribution in [2.45, 2.75) is 18.9 Å². The highest BCUT2D eigenvalue weighted by Crippen LogP contribution is 2.31. The summed E-state index contributed by atoms with van der Waals surface area (Å²) in [6, 6.07) is 18.3. The number of rotatable bonds is 7. The van der Waals surface area contributed by atoms with E-state index in [-0.39, 0.29) is 5.54 Å². The molecule has 2 aromatic carbocycles. The first kappa shape index (κ1) is 16.4. The molecule has 0 saturated carbocycles. The molecule has 0 aliphatic heterocycles. The molecule has 0 heterocycles. The number of ether oxygens (including phenoxy) is 2. The monoisotopic (exact) mass is 299 g/mol. The lowest BCUT2D eigenvalue weighted by Crippen LogP contribution is -2.45. The average Bonchev–Trinajstić information content (AvgIpc) is 2.57. The Morgan fingerprint density at radius 2 is 1.50 bits per heavy atom. The van der Waals surface area contributed by atoms with Gasteiger partial charge < -0.3 is 9.47 Å². The lowest BCUT2D eigenvalue weighted by Gasteiger charge is -2.39. The Kier molecular flexibility index (Phi) is 5.45. The van der Waals surface area contributed by atoms with Crippen LogP contribution >= 0.6 is 0 Å². The zero-order valence-corrected chi connectivity index (χ0v) is 13.9. The van der Waals surface area contributed by atoms with Crippen LogP contribution in [0.2, 0.25) is 0 Å². The van der Waals surface area contributed by atoms with E-state index in [0.717, 1.165) is 17.9 Å². The van der Waals surface area contributed by atoms with Crippen LogP contribution in [0.5, 0.6) is 11.5 Å². The molecule has 0 fully saturated rings. The van der Waals surface area contributed by atoms with Crippen LogP contribution in [0.4, 0.5) is 0 Å². The minimum absolute atomic E-state index is 0.138. The summed E-state index contributed by atoms with van der Waals surface area (Å²) in [5.41, 5.74) is 1.14. The van der Waals surface area contributed by atoms with Gasteiger partial charge in [0.25, 0.3) is 0 Å². The lowest BCUT2D eigenvalue weighted by atomic mass is 9.87. The van der Waals surface area contributed by atoms with E-state index in [0.29, 0.717) is 6.61 Å². The van der Waals surface area contributed by atoms with Gasteiger partial charge in [0.2, 0.25) is 0 Å². The normalized spacial score (nSPS) is 13.7. The third-order valence-electron chi connectivity index (χ3n) is 4.29. The van der Waals surface area contributed by atoms with Crippen LogP contribution in [-0.2, 0) is 5.54 Å². The minimum atomic E-state index is -0.138. The molecule has 0 saturated heterocycles. The first-order valence-corrected chi connectivity index (χ1v) is 7.62. The van der Waals surface area contributed by atoms with Gasteiger partial charge in [0, 0.05) is 0 Å². The van der Waals surface area contributed by atoms with Gasteiger partial charge >= 0.3 is 0 Å². The van der Waals surface area contributed by atoms with Crippen LogP contribution in [-0.4, -0.2) is 32.7 Å². The summed E-state index contributed by atoms with van der Waals surface area (Å²) in [6.45, 7) is 2.80. The van der Waals surface area contributed by atoms with Crippen molar-refractivity contribution in [3.8, 4) is 11.5 Å². The maximum absolute atomic E-state index is 6.08. The Labute approximate surface area is 133 Å². The molecule has 2 aromatic rings. The number of methoxy groups -OCH3 is 1. The fourth-order valence-corrected chi connectivity index (χ4v) is 2.72. The Morgan fingerprint density at radius 3 is 2.00 bits per heavy atom. The molecule has 1 atom stereocenters. The predicted molar refractivity (Wildman–Crippen MR) is 90.6 cm³/mol. The molecule has 3 nitrogen and oxygen atoms in total.